The number of hydrogen-bond acceptors (Lipinski definition) is 6. The Hall–Kier alpha value is -3.50. The molecule has 0 fully saturated rings. The van der Waals surface area contributed by atoms with Crippen LogP contribution >= 0.6 is 0 Å². The molecule has 27 heavy (non-hydrogen) atoms. The standard InChI is InChI=1S/C20H14N4O2S/c1-27(25,26)20-23-18(17(11-21)19(22)24-20)15-8-4-7-14-9-12-5-2-3-6-13(12)10-16(14)15/h2-10H,1H3,(H2,22,23,24). The summed E-state index contributed by atoms with van der Waals surface area (Å²) in [5.41, 5.74) is 6.77. The molecule has 7 heteroatoms. The van der Waals surface area contributed by atoms with Crippen molar-refractivity contribution in [2.75, 3.05) is 12.0 Å². The fourth-order valence-electron chi connectivity index (χ4n) is 3.10. The number of benzene rings is 3. The summed E-state index contributed by atoms with van der Waals surface area (Å²) >= 11 is 0. The molecule has 3 aromatic carbocycles. The number of nitrogen functional groups attached to an aromatic ring is 1. The molecule has 4 aromatic rings. The van der Waals surface area contributed by atoms with Crippen LogP contribution in [0.5, 0.6) is 0 Å². The van der Waals surface area contributed by atoms with Gasteiger partial charge in [-0.3, -0.25) is 0 Å². The monoisotopic (exact) mass is 374 g/mol. The molecule has 0 aliphatic rings. The number of fused-ring (bicyclic) bond motifs is 2. The molecule has 6 nitrogen and oxygen atoms in total. The van der Waals surface area contributed by atoms with Crippen molar-refractivity contribution >= 4 is 37.2 Å². The topological polar surface area (TPSA) is 110 Å². The number of nitriles is 1. The Balaban J connectivity index is 2.12. The smallest absolute Gasteiger partial charge is 0.249 e. The van der Waals surface area contributed by atoms with Crippen molar-refractivity contribution in [3.63, 3.8) is 0 Å². The van der Waals surface area contributed by atoms with Crippen LogP contribution in [0.3, 0.4) is 0 Å². The maximum atomic E-state index is 11.9. The Labute approximate surface area is 155 Å². The van der Waals surface area contributed by atoms with Crippen molar-refractivity contribution in [3.05, 3.63) is 60.2 Å². The molecule has 0 spiro atoms. The van der Waals surface area contributed by atoms with Crippen molar-refractivity contribution in [1.29, 1.82) is 5.26 Å². The van der Waals surface area contributed by atoms with Crippen LogP contribution in [-0.4, -0.2) is 24.6 Å². The second-order valence-corrected chi connectivity index (χ2v) is 8.13. The first-order valence-corrected chi connectivity index (χ1v) is 9.97. The maximum absolute atomic E-state index is 11.9. The number of hydrogen-bond donors (Lipinski definition) is 1. The number of nitrogens with zero attached hydrogens (tertiary/aromatic N) is 3. The highest BCUT2D eigenvalue weighted by Gasteiger charge is 2.20. The molecule has 4 rings (SSSR count). The van der Waals surface area contributed by atoms with E-state index in [-0.39, 0.29) is 17.1 Å². The molecule has 2 N–H and O–H groups in total. The van der Waals surface area contributed by atoms with E-state index in [1.807, 2.05) is 54.6 Å². The van der Waals surface area contributed by atoms with Crippen LogP contribution in [0.2, 0.25) is 0 Å². The van der Waals surface area contributed by atoms with Gasteiger partial charge in [0.15, 0.2) is 0 Å². The van der Waals surface area contributed by atoms with Gasteiger partial charge in [0.25, 0.3) is 0 Å². The van der Waals surface area contributed by atoms with Gasteiger partial charge in [-0.1, -0.05) is 42.5 Å². The first-order chi connectivity index (χ1) is 12.9. The molecule has 0 amide bonds. The van der Waals surface area contributed by atoms with Crippen molar-refractivity contribution in [2.24, 2.45) is 0 Å². The maximum Gasteiger partial charge on any atom is 0.249 e. The fraction of sp³-hybridized carbons (Fsp3) is 0.0500. The zero-order valence-electron chi connectivity index (χ0n) is 14.3. The summed E-state index contributed by atoms with van der Waals surface area (Å²) in [6, 6.07) is 19.6. The number of rotatable bonds is 2. The quantitative estimate of drug-likeness (QED) is 0.426. The third-order valence-electron chi connectivity index (χ3n) is 4.36. The summed E-state index contributed by atoms with van der Waals surface area (Å²) in [4.78, 5) is 7.96. The van der Waals surface area contributed by atoms with Crippen LogP contribution < -0.4 is 5.73 Å². The summed E-state index contributed by atoms with van der Waals surface area (Å²) in [5.74, 6) is -0.152. The normalized spacial score (nSPS) is 11.6. The fourth-order valence-corrected chi connectivity index (χ4v) is 3.62. The van der Waals surface area contributed by atoms with E-state index in [4.69, 9.17) is 5.73 Å². The third-order valence-corrected chi connectivity index (χ3v) is 5.21. The van der Waals surface area contributed by atoms with E-state index in [0.717, 1.165) is 27.8 Å². The first-order valence-electron chi connectivity index (χ1n) is 8.08. The summed E-state index contributed by atoms with van der Waals surface area (Å²) in [7, 11) is -3.68. The van der Waals surface area contributed by atoms with E-state index in [0.29, 0.717) is 5.56 Å². The van der Waals surface area contributed by atoms with Crippen molar-refractivity contribution < 1.29 is 8.42 Å². The van der Waals surface area contributed by atoms with E-state index < -0.39 is 15.0 Å². The van der Waals surface area contributed by atoms with Gasteiger partial charge in [0.1, 0.15) is 17.5 Å². The largest absolute Gasteiger partial charge is 0.382 e. The summed E-state index contributed by atoms with van der Waals surface area (Å²) in [6.07, 6.45) is 1.01. The van der Waals surface area contributed by atoms with E-state index in [1.54, 1.807) is 6.07 Å². The molecule has 1 aromatic heterocycles. The van der Waals surface area contributed by atoms with Gasteiger partial charge in [0.2, 0.25) is 15.0 Å². The minimum absolute atomic E-state index is 0.0584. The third kappa shape index (κ3) is 2.86. The van der Waals surface area contributed by atoms with Gasteiger partial charge in [0.05, 0.1) is 5.69 Å². The molecular weight excluding hydrogens is 360 g/mol. The molecule has 0 bridgehead atoms. The Morgan fingerprint density at radius 2 is 1.63 bits per heavy atom. The number of aromatic nitrogens is 2. The molecule has 1 heterocycles. The van der Waals surface area contributed by atoms with Crippen molar-refractivity contribution in [1.82, 2.24) is 9.97 Å². The number of sulfone groups is 1. The van der Waals surface area contributed by atoms with E-state index >= 15 is 0 Å². The zero-order chi connectivity index (χ0) is 19.2. The lowest BCUT2D eigenvalue weighted by Gasteiger charge is -2.11. The summed E-state index contributed by atoms with van der Waals surface area (Å²) in [6.45, 7) is 0. The molecule has 132 valence electrons. The molecule has 0 radical (unpaired) electrons. The Kier molecular flexibility index (Phi) is 3.79. The van der Waals surface area contributed by atoms with Gasteiger partial charge in [-0.2, -0.15) is 10.2 Å². The van der Waals surface area contributed by atoms with Gasteiger partial charge in [-0.05, 0) is 33.7 Å². The molecular formula is C20H14N4O2S. The molecule has 0 saturated heterocycles. The summed E-state index contributed by atoms with van der Waals surface area (Å²) < 4.78 is 23.9. The highest BCUT2D eigenvalue weighted by Crippen LogP contribution is 2.34. The average molecular weight is 374 g/mol. The second-order valence-electron chi connectivity index (χ2n) is 6.23. The Morgan fingerprint density at radius 1 is 0.963 bits per heavy atom. The van der Waals surface area contributed by atoms with E-state index in [1.165, 1.54) is 0 Å². The number of anilines is 1. The van der Waals surface area contributed by atoms with Crippen LogP contribution in [0.25, 0.3) is 32.8 Å². The highest BCUT2D eigenvalue weighted by molar-refractivity contribution is 7.90. The molecule has 0 saturated carbocycles. The van der Waals surface area contributed by atoms with Crippen molar-refractivity contribution in [2.45, 2.75) is 5.16 Å². The second kappa shape index (κ2) is 6.04. The van der Waals surface area contributed by atoms with Gasteiger partial charge < -0.3 is 5.73 Å². The van der Waals surface area contributed by atoms with Gasteiger partial charge in [-0.25, -0.2) is 13.4 Å². The summed E-state index contributed by atoms with van der Waals surface area (Å²) in [5, 5.41) is 13.1. The Bertz CT molecular complexity index is 1370. The predicted octanol–water partition coefficient (Wildman–Crippen LogP) is 3.31. The van der Waals surface area contributed by atoms with Crippen LogP contribution in [0, 0.1) is 11.3 Å². The first kappa shape index (κ1) is 16.9. The predicted molar refractivity (Wildman–Crippen MR) is 105 cm³/mol. The zero-order valence-corrected chi connectivity index (χ0v) is 15.2. The lowest BCUT2D eigenvalue weighted by molar-refractivity contribution is 0.593. The minimum Gasteiger partial charge on any atom is -0.382 e. The van der Waals surface area contributed by atoms with Gasteiger partial charge in [0, 0.05) is 11.8 Å². The molecule has 0 aliphatic heterocycles. The van der Waals surface area contributed by atoms with Crippen LogP contribution in [0.15, 0.2) is 59.8 Å². The molecule has 0 atom stereocenters. The SMILES string of the molecule is CS(=O)(=O)c1nc(N)c(C#N)c(-c2cccc3cc4ccccc4cc23)n1. The molecule has 0 aliphatic carbocycles. The van der Waals surface area contributed by atoms with E-state index in [9.17, 15) is 13.7 Å². The lowest BCUT2D eigenvalue weighted by Crippen LogP contribution is -2.10. The minimum atomic E-state index is -3.68. The molecule has 0 unspecified atom stereocenters. The van der Waals surface area contributed by atoms with Crippen LogP contribution in [-0.2, 0) is 9.84 Å². The van der Waals surface area contributed by atoms with Crippen molar-refractivity contribution in [3.8, 4) is 17.3 Å². The average Bonchev–Trinajstić information content (AvgIpc) is 2.64. The van der Waals surface area contributed by atoms with Crippen LogP contribution in [0.4, 0.5) is 5.82 Å². The van der Waals surface area contributed by atoms with Gasteiger partial charge in [-0.15, -0.1) is 0 Å². The number of nitrogens with two attached hydrogens (primary N) is 1. The Morgan fingerprint density at radius 3 is 2.30 bits per heavy atom. The van der Waals surface area contributed by atoms with Crippen LogP contribution in [0.1, 0.15) is 5.56 Å². The lowest BCUT2D eigenvalue weighted by atomic mass is 9.96. The van der Waals surface area contributed by atoms with E-state index in [2.05, 4.69) is 9.97 Å². The van der Waals surface area contributed by atoms with Gasteiger partial charge >= 0.3 is 0 Å². The highest BCUT2D eigenvalue weighted by atomic mass is 32.2.